The van der Waals surface area contributed by atoms with Crippen molar-refractivity contribution in [1.82, 2.24) is 0 Å². The van der Waals surface area contributed by atoms with Gasteiger partial charge in [-0.2, -0.15) is 0 Å². The Balaban J connectivity index is 1.48. The lowest BCUT2D eigenvalue weighted by molar-refractivity contribution is -0.384. The number of halogens is 1. The highest BCUT2D eigenvalue weighted by atomic mass is 79.9. The summed E-state index contributed by atoms with van der Waals surface area (Å²) in [6, 6.07) is 15.2. The molecule has 3 aliphatic rings. The van der Waals surface area contributed by atoms with E-state index >= 15 is 0 Å². The molecule has 0 aromatic heterocycles. The lowest BCUT2D eigenvalue weighted by Gasteiger charge is -2.36. The van der Waals surface area contributed by atoms with E-state index < -0.39 is 40.7 Å². The Labute approximate surface area is 231 Å². The van der Waals surface area contributed by atoms with E-state index in [9.17, 15) is 24.5 Å². The number of amides is 2. The standard InChI is InChI=1S/C29H22BrN3O6/c1-15-13-18(33(37)38)9-11-20(15)32-28(35)24-22-10-7-16-5-3-4-6-21(16)31(22)26(25(24)29(32)36)27(34)17-8-12-23(39-2)19(30)14-17/h3-14,22,24-26H,1-2H3/t22-,24-,25+,26-/m0/s1. The van der Waals surface area contributed by atoms with E-state index in [-0.39, 0.29) is 17.2 Å². The summed E-state index contributed by atoms with van der Waals surface area (Å²) < 4.78 is 5.91. The average molecular weight is 588 g/mol. The van der Waals surface area contributed by atoms with Gasteiger partial charge in [0.25, 0.3) is 5.69 Å². The molecule has 3 aromatic carbocycles. The van der Waals surface area contributed by atoms with Crippen LogP contribution < -0.4 is 14.5 Å². The third-order valence-corrected chi connectivity index (χ3v) is 8.37. The molecule has 39 heavy (non-hydrogen) atoms. The summed E-state index contributed by atoms with van der Waals surface area (Å²) in [7, 11) is 1.53. The maximum absolute atomic E-state index is 14.2. The van der Waals surface area contributed by atoms with Crippen LogP contribution in [0.5, 0.6) is 5.75 Å². The van der Waals surface area contributed by atoms with Crippen molar-refractivity contribution in [1.29, 1.82) is 0 Å². The van der Waals surface area contributed by atoms with Crippen LogP contribution in [0.3, 0.4) is 0 Å². The van der Waals surface area contributed by atoms with Crippen LogP contribution in [0.4, 0.5) is 17.1 Å². The summed E-state index contributed by atoms with van der Waals surface area (Å²) in [6.07, 6.45) is 3.80. The van der Waals surface area contributed by atoms with Gasteiger partial charge in [-0.25, -0.2) is 4.90 Å². The average Bonchev–Trinajstić information content (AvgIpc) is 3.40. The van der Waals surface area contributed by atoms with Crippen LogP contribution in [0, 0.1) is 28.9 Å². The fourth-order valence-corrected chi connectivity index (χ4v) is 6.59. The lowest BCUT2D eigenvalue weighted by atomic mass is 9.86. The predicted octanol–water partition coefficient (Wildman–Crippen LogP) is 4.95. The van der Waals surface area contributed by atoms with Crippen LogP contribution in [0.2, 0.25) is 0 Å². The van der Waals surface area contributed by atoms with Crippen LogP contribution >= 0.6 is 15.9 Å². The fraction of sp³-hybridized carbons (Fsp3) is 0.207. The highest BCUT2D eigenvalue weighted by Crippen LogP contribution is 2.50. The number of benzene rings is 3. The minimum atomic E-state index is -0.943. The number of nitrogens with zero attached hydrogens (tertiary/aromatic N) is 3. The highest BCUT2D eigenvalue weighted by molar-refractivity contribution is 9.10. The lowest BCUT2D eigenvalue weighted by Crippen LogP contribution is -2.49. The number of methoxy groups -OCH3 is 1. The van der Waals surface area contributed by atoms with E-state index in [2.05, 4.69) is 15.9 Å². The monoisotopic (exact) mass is 587 g/mol. The molecule has 0 aliphatic carbocycles. The Bertz CT molecular complexity index is 1620. The summed E-state index contributed by atoms with van der Waals surface area (Å²) in [6.45, 7) is 1.62. The molecule has 2 fully saturated rings. The molecule has 6 rings (SSSR count). The zero-order valence-electron chi connectivity index (χ0n) is 20.9. The van der Waals surface area contributed by atoms with Crippen LogP contribution in [-0.2, 0) is 9.59 Å². The quantitative estimate of drug-likeness (QED) is 0.180. The third kappa shape index (κ3) is 3.69. The summed E-state index contributed by atoms with van der Waals surface area (Å²) in [5, 5.41) is 11.2. The molecule has 2 saturated heterocycles. The van der Waals surface area contributed by atoms with Crippen LogP contribution in [0.15, 0.2) is 71.2 Å². The van der Waals surface area contributed by atoms with E-state index in [4.69, 9.17) is 4.74 Å². The van der Waals surface area contributed by atoms with Crippen molar-refractivity contribution in [2.45, 2.75) is 19.0 Å². The molecule has 0 saturated carbocycles. The van der Waals surface area contributed by atoms with Crippen LogP contribution in [0.1, 0.15) is 21.5 Å². The number of fused-ring (bicyclic) bond motifs is 5. The number of carbonyl (C=O) groups is 3. The van der Waals surface area contributed by atoms with Gasteiger partial charge >= 0.3 is 0 Å². The molecular formula is C29H22BrN3O6. The first kappa shape index (κ1) is 25.0. The number of nitro groups is 1. The highest BCUT2D eigenvalue weighted by Gasteiger charge is 2.64. The van der Waals surface area contributed by atoms with Gasteiger partial charge in [0.15, 0.2) is 5.78 Å². The number of non-ortho nitro benzene ring substituents is 1. The molecule has 0 N–H and O–H groups in total. The van der Waals surface area contributed by atoms with Gasteiger partial charge in [-0.1, -0.05) is 30.4 Å². The Kier molecular flexibility index (Phi) is 5.87. The maximum Gasteiger partial charge on any atom is 0.269 e. The van der Waals surface area contributed by atoms with Gasteiger partial charge < -0.3 is 9.64 Å². The number of nitro benzene ring substituents is 1. The van der Waals surface area contributed by atoms with Gasteiger partial charge in [0.1, 0.15) is 11.8 Å². The molecule has 0 bridgehead atoms. The summed E-state index contributed by atoms with van der Waals surface area (Å²) in [5.74, 6) is -2.38. The number of hydrogen-bond donors (Lipinski definition) is 0. The van der Waals surface area contributed by atoms with Crippen LogP contribution in [0.25, 0.3) is 6.08 Å². The number of Topliss-reactive ketones (excluding diaryl/α,β-unsaturated/α-hetero) is 1. The molecule has 0 unspecified atom stereocenters. The molecule has 3 aliphatic heterocycles. The first-order valence-electron chi connectivity index (χ1n) is 12.3. The normalized spacial score (nSPS) is 22.9. The number of para-hydroxylation sites is 1. The molecule has 4 atom stereocenters. The number of rotatable bonds is 5. The number of carbonyl (C=O) groups excluding carboxylic acids is 3. The number of hydrogen-bond acceptors (Lipinski definition) is 7. The van der Waals surface area contributed by atoms with Crippen molar-refractivity contribution in [3.05, 3.63) is 98.0 Å². The fourth-order valence-electron chi connectivity index (χ4n) is 6.05. The molecular weight excluding hydrogens is 566 g/mol. The SMILES string of the molecule is COc1ccc(C(=O)[C@@H]2[C@@H]3C(=O)N(c4ccc([N+](=O)[O-])cc4C)C(=O)[C@H]3[C@@H]3C=Cc4ccccc4N23)cc1Br. The molecule has 3 heterocycles. The molecule has 196 valence electrons. The van der Waals surface area contributed by atoms with Gasteiger partial charge in [-0.15, -0.1) is 0 Å². The number of ether oxygens (including phenoxy) is 1. The van der Waals surface area contributed by atoms with E-state index in [1.165, 1.54) is 25.3 Å². The Morgan fingerprint density at radius 3 is 2.44 bits per heavy atom. The third-order valence-electron chi connectivity index (χ3n) is 7.75. The van der Waals surface area contributed by atoms with Gasteiger partial charge in [0, 0.05) is 23.4 Å². The summed E-state index contributed by atoms with van der Waals surface area (Å²) >= 11 is 3.44. The van der Waals surface area contributed by atoms with Gasteiger partial charge in [-0.3, -0.25) is 24.5 Å². The second-order valence-electron chi connectivity index (χ2n) is 9.77. The first-order chi connectivity index (χ1) is 18.7. The minimum Gasteiger partial charge on any atom is -0.496 e. The number of anilines is 2. The zero-order chi connectivity index (χ0) is 27.6. The molecule has 0 radical (unpaired) electrons. The summed E-state index contributed by atoms with van der Waals surface area (Å²) in [5.41, 5.74) is 2.63. The predicted molar refractivity (Wildman–Crippen MR) is 148 cm³/mol. The van der Waals surface area contributed by atoms with E-state index in [0.29, 0.717) is 21.3 Å². The van der Waals surface area contributed by atoms with Crippen molar-refractivity contribution >= 4 is 56.7 Å². The Hall–Kier alpha value is -4.31. The van der Waals surface area contributed by atoms with Gasteiger partial charge in [0.2, 0.25) is 11.8 Å². The summed E-state index contributed by atoms with van der Waals surface area (Å²) in [4.78, 5) is 56.0. The molecule has 3 aromatic rings. The van der Waals surface area contributed by atoms with E-state index in [1.54, 1.807) is 25.1 Å². The van der Waals surface area contributed by atoms with Gasteiger partial charge in [-0.05, 0) is 64.3 Å². The number of aryl methyl sites for hydroxylation is 1. The van der Waals surface area contributed by atoms with Crippen molar-refractivity contribution in [3.8, 4) is 5.75 Å². The molecule has 2 amide bonds. The second-order valence-corrected chi connectivity index (χ2v) is 10.6. The topological polar surface area (TPSA) is 110 Å². The van der Waals surface area contributed by atoms with Crippen molar-refractivity contribution < 1.29 is 24.0 Å². The minimum absolute atomic E-state index is 0.133. The van der Waals surface area contributed by atoms with Gasteiger partial charge in [0.05, 0.1) is 40.1 Å². The second kappa shape index (κ2) is 9.16. The molecule has 10 heteroatoms. The zero-order valence-corrected chi connectivity index (χ0v) is 22.5. The number of ketones is 1. The largest absolute Gasteiger partial charge is 0.496 e. The maximum atomic E-state index is 14.2. The molecule has 9 nitrogen and oxygen atoms in total. The Morgan fingerprint density at radius 2 is 1.74 bits per heavy atom. The molecule has 0 spiro atoms. The van der Waals surface area contributed by atoms with Crippen molar-refractivity contribution in [3.63, 3.8) is 0 Å². The van der Waals surface area contributed by atoms with Crippen LogP contribution in [-0.4, -0.2) is 41.7 Å². The van der Waals surface area contributed by atoms with E-state index in [0.717, 1.165) is 16.2 Å². The van der Waals surface area contributed by atoms with Crippen molar-refractivity contribution in [2.24, 2.45) is 11.8 Å². The van der Waals surface area contributed by atoms with Crippen molar-refractivity contribution in [2.75, 3.05) is 16.9 Å². The first-order valence-corrected chi connectivity index (χ1v) is 13.1. The smallest absolute Gasteiger partial charge is 0.269 e. The van der Waals surface area contributed by atoms with E-state index in [1.807, 2.05) is 41.3 Å². The Morgan fingerprint density at radius 1 is 1.00 bits per heavy atom. The number of imide groups is 1.